The normalized spacial score (nSPS) is 16.1. The number of Topliss-reactive ketones (excluding diaryl/α,β-unsaturated/α-hetero) is 1. The van der Waals surface area contributed by atoms with Crippen LogP contribution in [-0.2, 0) is 11.2 Å². The molecule has 21 heavy (non-hydrogen) atoms. The third-order valence-electron chi connectivity index (χ3n) is 3.82. The van der Waals surface area contributed by atoms with Gasteiger partial charge in [-0.3, -0.25) is 9.59 Å². The summed E-state index contributed by atoms with van der Waals surface area (Å²) in [5, 5.41) is 2.85. The van der Waals surface area contributed by atoms with E-state index < -0.39 is 0 Å². The molecule has 0 aromatic heterocycles. The number of fused-ring (bicyclic) bond motifs is 1. The molecule has 1 aromatic rings. The van der Waals surface area contributed by atoms with Gasteiger partial charge in [0.1, 0.15) is 0 Å². The molecule has 1 aliphatic rings. The van der Waals surface area contributed by atoms with Gasteiger partial charge in [-0.1, -0.05) is 27.7 Å². The topological polar surface area (TPSA) is 46.2 Å². The smallest absolute Gasteiger partial charge is 0.224 e. The van der Waals surface area contributed by atoms with Crippen molar-refractivity contribution in [3.8, 4) is 0 Å². The maximum absolute atomic E-state index is 12.4. The molecule has 0 bridgehead atoms. The fourth-order valence-corrected chi connectivity index (χ4v) is 3.11. The van der Waals surface area contributed by atoms with Crippen molar-refractivity contribution in [1.29, 1.82) is 0 Å². The highest BCUT2D eigenvalue weighted by Gasteiger charge is 2.20. The van der Waals surface area contributed by atoms with Crippen molar-refractivity contribution in [2.45, 2.75) is 53.4 Å². The van der Waals surface area contributed by atoms with Crippen LogP contribution < -0.4 is 5.32 Å². The van der Waals surface area contributed by atoms with Crippen molar-refractivity contribution in [3.05, 3.63) is 29.3 Å². The highest BCUT2D eigenvalue weighted by molar-refractivity contribution is 5.99. The van der Waals surface area contributed by atoms with Gasteiger partial charge in [-0.05, 0) is 47.9 Å². The van der Waals surface area contributed by atoms with E-state index in [4.69, 9.17) is 0 Å². The maximum atomic E-state index is 12.4. The van der Waals surface area contributed by atoms with E-state index in [0.29, 0.717) is 18.8 Å². The number of hydrogen-bond acceptors (Lipinski definition) is 2. The minimum Gasteiger partial charge on any atom is -0.326 e. The van der Waals surface area contributed by atoms with Crippen LogP contribution in [0.2, 0.25) is 0 Å². The summed E-state index contributed by atoms with van der Waals surface area (Å²) in [6.07, 6.45) is 2.85. The first-order valence-corrected chi connectivity index (χ1v) is 7.70. The largest absolute Gasteiger partial charge is 0.326 e. The maximum Gasteiger partial charge on any atom is 0.224 e. The average Bonchev–Trinajstić information content (AvgIpc) is 2.35. The van der Waals surface area contributed by atoms with Crippen LogP contribution in [0.15, 0.2) is 18.2 Å². The number of carbonyl (C=O) groups excluding carboxylic acids is 2. The molecule has 3 nitrogen and oxygen atoms in total. The van der Waals surface area contributed by atoms with Crippen molar-refractivity contribution in [2.75, 3.05) is 5.32 Å². The molecule has 114 valence electrons. The lowest BCUT2D eigenvalue weighted by Crippen LogP contribution is -2.19. The Kier molecular flexibility index (Phi) is 4.50. The van der Waals surface area contributed by atoms with Gasteiger partial charge in [-0.2, -0.15) is 0 Å². The van der Waals surface area contributed by atoms with E-state index in [1.54, 1.807) is 0 Å². The second-order valence-electron chi connectivity index (χ2n) is 7.42. The van der Waals surface area contributed by atoms with Gasteiger partial charge < -0.3 is 5.32 Å². The Morgan fingerprint density at radius 2 is 2.00 bits per heavy atom. The van der Waals surface area contributed by atoms with Crippen LogP contribution in [0.3, 0.4) is 0 Å². The summed E-state index contributed by atoms with van der Waals surface area (Å²) in [4.78, 5) is 23.7. The molecule has 2 rings (SSSR count). The number of amides is 1. The fourth-order valence-electron chi connectivity index (χ4n) is 3.11. The molecule has 0 spiro atoms. The Labute approximate surface area is 127 Å². The Bertz CT molecular complexity index is 555. The Hall–Kier alpha value is -1.64. The highest BCUT2D eigenvalue weighted by atomic mass is 16.1. The van der Waals surface area contributed by atoms with Crippen LogP contribution in [0, 0.1) is 11.3 Å². The molecule has 1 aliphatic heterocycles. The van der Waals surface area contributed by atoms with E-state index in [-0.39, 0.29) is 17.1 Å². The number of hydrogen-bond donors (Lipinski definition) is 1. The van der Waals surface area contributed by atoms with Crippen molar-refractivity contribution in [2.24, 2.45) is 11.3 Å². The summed E-state index contributed by atoms with van der Waals surface area (Å²) in [5.41, 5.74) is 2.94. The number of ketones is 1. The Morgan fingerprint density at radius 3 is 2.67 bits per heavy atom. The zero-order chi connectivity index (χ0) is 15.6. The molecule has 1 N–H and O–H groups in total. The predicted molar refractivity (Wildman–Crippen MR) is 85.6 cm³/mol. The van der Waals surface area contributed by atoms with E-state index >= 15 is 0 Å². The summed E-state index contributed by atoms with van der Waals surface area (Å²) < 4.78 is 0. The van der Waals surface area contributed by atoms with Crippen LogP contribution in [0.25, 0.3) is 0 Å². The second kappa shape index (κ2) is 6.00. The number of aryl methyl sites for hydroxylation is 1. The van der Waals surface area contributed by atoms with E-state index in [1.807, 2.05) is 18.2 Å². The van der Waals surface area contributed by atoms with Gasteiger partial charge in [-0.15, -0.1) is 0 Å². The minimum atomic E-state index is 0.0559. The van der Waals surface area contributed by atoms with Crippen LogP contribution in [-0.4, -0.2) is 11.7 Å². The van der Waals surface area contributed by atoms with Crippen molar-refractivity contribution < 1.29 is 9.59 Å². The number of benzene rings is 1. The molecule has 0 aliphatic carbocycles. The van der Waals surface area contributed by atoms with Gasteiger partial charge in [0, 0.05) is 24.1 Å². The SMILES string of the molecule is CC(CC(=O)c1ccc2c(c1)CCC(=O)N2)CC(C)(C)C. The first-order valence-electron chi connectivity index (χ1n) is 7.70. The average molecular weight is 287 g/mol. The summed E-state index contributed by atoms with van der Waals surface area (Å²) in [6, 6.07) is 5.63. The van der Waals surface area contributed by atoms with Gasteiger partial charge >= 0.3 is 0 Å². The monoisotopic (exact) mass is 287 g/mol. The number of nitrogens with one attached hydrogen (secondary N) is 1. The highest BCUT2D eigenvalue weighted by Crippen LogP contribution is 2.28. The molecule has 0 fully saturated rings. The lowest BCUT2D eigenvalue weighted by Gasteiger charge is -2.23. The molecule has 1 heterocycles. The summed E-state index contributed by atoms with van der Waals surface area (Å²) in [5.74, 6) is 0.639. The van der Waals surface area contributed by atoms with Crippen molar-refractivity contribution in [3.63, 3.8) is 0 Å². The Balaban J connectivity index is 2.05. The first-order chi connectivity index (χ1) is 9.74. The van der Waals surface area contributed by atoms with E-state index in [0.717, 1.165) is 29.7 Å². The van der Waals surface area contributed by atoms with Crippen LogP contribution in [0.4, 0.5) is 5.69 Å². The van der Waals surface area contributed by atoms with Crippen LogP contribution in [0.1, 0.15) is 62.9 Å². The van der Waals surface area contributed by atoms with Gasteiger partial charge in [0.2, 0.25) is 5.91 Å². The summed E-state index contributed by atoms with van der Waals surface area (Å²) in [7, 11) is 0. The zero-order valence-corrected chi connectivity index (χ0v) is 13.5. The van der Waals surface area contributed by atoms with E-state index in [9.17, 15) is 9.59 Å². The zero-order valence-electron chi connectivity index (χ0n) is 13.5. The molecule has 1 atom stereocenters. The molecule has 0 radical (unpaired) electrons. The standard InChI is InChI=1S/C18H25NO2/c1-12(11-18(2,3)4)9-16(20)14-5-7-15-13(10-14)6-8-17(21)19-15/h5,7,10,12H,6,8-9,11H2,1-4H3,(H,19,21). The molecule has 1 unspecified atom stereocenters. The van der Waals surface area contributed by atoms with Gasteiger partial charge in [-0.25, -0.2) is 0 Å². The molecule has 1 aromatic carbocycles. The lowest BCUT2D eigenvalue weighted by atomic mass is 9.83. The molecular formula is C18H25NO2. The van der Waals surface area contributed by atoms with Crippen LogP contribution >= 0.6 is 0 Å². The number of carbonyl (C=O) groups is 2. The first kappa shape index (κ1) is 15.7. The molecule has 1 amide bonds. The third kappa shape index (κ3) is 4.42. The second-order valence-corrected chi connectivity index (χ2v) is 7.42. The van der Waals surface area contributed by atoms with Gasteiger partial charge in [0.25, 0.3) is 0 Å². The third-order valence-corrected chi connectivity index (χ3v) is 3.82. The number of anilines is 1. The molecular weight excluding hydrogens is 262 g/mol. The quantitative estimate of drug-likeness (QED) is 0.843. The molecule has 3 heteroatoms. The molecule has 0 saturated carbocycles. The minimum absolute atomic E-state index is 0.0559. The molecule has 0 saturated heterocycles. The lowest BCUT2D eigenvalue weighted by molar-refractivity contribution is -0.116. The van der Waals surface area contributed by atoms with Gasteiger partial charge in [0.15, 0.2) is 5.78 Å². The predicted octanol–water partition coefficient (Wildman–Crippen LogP) is 4.22. The van der Waals surface area contributed by atoms with Crippen LogP contribution in [0.5, 0.6) is 0 Å². The van der Waals surface area contributed by atoms with E-state index in [2.05, 4.69) is 33.0 Å². The van der Waals surface area contributed by atoms with Crippen molar-refractivity contribution >= 4 is 17.4 Å². The van der Waals surface area contributed by atoms with E-state index in [1.165, 1.54) is 0 Å². The number of rotatable bonds is 4. The summed E-state index contributed by atoms with van der Waals surface area (Å²) >= 11 is 0. The Morgan fingerprint density at radius 1 is 1.29 bits per heavy atom. The van der Waals surface area contributed by atoms with Gasteiger partial charge in [0.05, 0.1) is 0 Å². The summed E-state index contributed by atoms with van der Waals surface area (Å²) in [6.45, 7) is 8.75. The van der Waals surface area contributed by atoms with Crippen molar-refractivity contribution in [1.82, 2.24) is 0 Å². The fraction of sp³-hybridized carbons (Fsp3) is 0.556.